The minimum absolute atomic E-state index is 0.0140. The smallest absolute Gasteiger partial charge is 0.274 e. The molecule has 1 aliphatic heterocycles. The van der Waals surface area contributed by atoms with E-state index in [2.05, 4.69) is 47.2 Å². The highest BCUT2D eigenvalue weighted by Gasteiger charge is 2.30. The summed E-state index contributed by atoms with van der Waals surface area (Å²) in [6, 6.07) is 9.62. The quantitative estimate of drug-likeness (QED) is 0.808. The maximum Gasteiger partial charge on any atom is 0.274 e. The van der Waals surface area contributed by atoms with Crippen molar-refractivity contribution in [1.82, 2.24) is 15.3 Å². The predicted octanol–water partition coefficient (Wildman–Crippen LogP) is 0.553. The molecule has 1 unspecified atom stereocenters. The van der Waals surface area contributed by atoms with Crippen LogP contribution < -0.4 is 21.6 Å². The molecule has 0 saturated carbocycles. The van der Waals surface area contributed by atoms with Crippen molar-refractivity contribution >= 4 is 18.1 Å². The van der Waals surface area contributed by atoms with Crippen LogP contribution in [0.25, 0.3) is 11.8 Å². The van der Waals surface area contributed by atoms with Gasteiger partial charge in [-0.1, -0.05) is 51.1 Å². The monoisotopic (exact) mass is 307 g/mol. The van der Waals surface area contributed by atoms with Crippen molar-refractivity contribution in [2.75, 3.05) is 0 Å². The van der Waals surface area contributed by atoms with Crippen molar-refractivity contribution in [3.63, 3.8) is 0 Å². The van der Waals surface area contributed by atoms with Gasteiger partial charge in [0, 0.05) is 0 Å². The molecule has 117 valence electrons. The lowest BCUT2D eigenvalue weighted by Crippen LogP contribution is -2.42. The molecule has 5 nitrogen and oxygen atoms in total. The van der Waals surface area contributed by atoms with Crippen LogP contribution >= 0.6 is 0 Å². The number of nitrogens with one attached hydrogen (secondary N) is 2. The molecule has 2 heterocycles. The molecule has 0 bridgehead atoms. The van der Waals surface area contributed by atoms with Gasteiger partial charge in [0.1, 0.15) is 11.5 Å². The highest BCUT2D eigenvalue weighted by Crippen LogP contribution is 2.27. The molecule has 1 aliphatic rings. The van der Waals surface area contributed by atoms with E-state index in [0.29, 0.717) is 10.7 Å². The lowest BCUT2D eigenvalue weighted by molar-refractivity contribution is 0.356. The lowest BCUT2D eigenvalue weighted by atomic mass is 9.85. The lowest BCUT2D eigenvalue weighted by Gasteiger charge is -2.27. The second kappa shape index (κ2) is 5.83. The van der Waals surface area contributed by atoms with E-state index in [1.54, 1.807) is 12.4 Å². The van der Waals surface area contributed by atoms with E-state index in [-0.39, 0.29) is 17.0 Å². The molecule has 1 atom stereocenters. The van der Waals surface area contributed by atoms with Gasteiger partial charge in [-0.2, -0.15) is 0 Å². The Morgan fingerprint density at radius 2 is 1.96 bits per heavy atom. The molecule has 1 aromatic carbocycles. The van der Waals surface area contributed by atoms with Crippen molar-refractivity contribution in [3.8, 4) is 0 Å². The summed E-state index contributed by atoms with van der Waals surface area (Å²) in [4.78, 5) is 23.7. The van der Waals surface area contributed by atoms with E-state index in [1.165, 1.54) is 0 Å². The molecule has 1 aromatic heterocycles. The zero-order chi connectivity index (χ0) is 16.4. The maximum absolute atomic E-state index is 12.3. The normalized spacial score (nSPS) is 20.7. The number of H-pyrrole nitrogens is 1. The molecule has 0 amide bonds. The minimum Gasteiger partial charge on any atom is -0.367 e. The van der Waals surface area contributed by atoms with Crippen LogP contribution in [0.2, 0.25) is 0 Å². The van der Waals surface area contributed by atoms with E-state index in [0.717, 1.165) is 11.3 Å². The molecule has 1 radical (unpaired) electrons. The molecule has 2 N–H and O–H groups in total. The summed E-state index contributed by atoms with van der Waals surface area (Å²) >= 11 is 0. The second-order valence-electron chi connectivity index (χ2n) is 6.60. The number of hydrogen-bond donors (Lipinski definition) is 2. The molecule has 0 saturated heterocycles. The Balaban J connectivity index is 2.10. The Kier molecular flexibility index (Phi) is 3.86. The number of rotatable bonds is 1. The third-order valence-electron chi connectivity index (χ3n) is 3.70. The van der Waals surface area contributed by atoms with Gasteiger partial charge in [0.25, 0.3) is 5.56 Å². The third kappa shape index (κ3) is 3.23. The van der Waals surface area contributed by atoms with Gasteiger partial charge in [-0.25, -0.2) is 9.98 Å². The molecule has 0 aliphatic carbocycles. The fraction of sp³-hybridized carbons (Fsp3) is 0.278. The SMILES string of the molecule is CC(C)(C)C1NC=N/C1=c1/[c]n/c(=C\c2ccccc2)c(=O)[nH]1. The Morgan fingerprint density at radius 3 is 2.61 bits per heavy atom. The zero-order valence-electron chi connectivity index (χ0n) is 13.4. The fourth-order valence-corrected chi connectivity index (χ4v) is 2.50. The molecule has 23 heavy (non-hydrogen) atoms. The Hall–Kier alpha value is -2.69. The summed E-state index contributed by atoms with van der Waals surface area (Å²) in [6.45, 7) is 6.34. The molecule has 3 rings (SSSR count). The largest absolute Gasteiger partial charge is 0.367 e. The van der Waals surface area contributed by atoms with Crippen LogP contribution in [0.5, 0.6) is 0 Å². The number of aromatic nitrogens is 2. The van der Waals surface area contributed by atoms with Crippen molar-refractivity contribution < 1.29 is 0 Å². The summed E-state index contributed by atoms with van der Waals surface area (Å²) in [7, 11) is 0. The van der Waals surface area contributed by atoms with Crippen LogP contribution in [-0.2, 0) is 0 Å². The van der Waals surface area contributed by atoms with Gasteiger partial charge in [0.15, 0.2) is 0 Å². The average Bonchev–Trinajstić information content (AvgIpc) is 3.00. The number of aliphatic imine (C=N–C) groups is 1. The van der Waals surface area contributed by atoms with Gasteiger partial charge >= 0.3 is 0 Å². The zero-order valence-corrected chi connectivity index (χ0v) is 13.4. The Bertz CT molecular complexity index is 905. The van der Waals surface area contributed by atoms with Crippen LogP contribution in [0.15, 0.2) is 40.1 Å². The Labute approximate surface area is 134 Å². The van der Waals surface area contributed by atoms with Gasteiger partial charge in [0.2, 0.25) is 0 Å². The van der Waals surface area contributed by atoms with Gasteiger partial charge in [0.05, 0.1) is 23.4 Å². The standard InChI is InChI=1S/C18H19N4O/c1-18(2,3)16-15(20-11-21-16)14-10-19-13(17(23)22-14)9-12-7-5-4-6-8-12/h4-9,11,16H,1-3H3,(H,20,21)(H,22,23)/b13-9-,15-14-. The number of aromatic amines is 1. The summed E-state index contributed by atoms with van der Waals surface area (Å²) in [5.41, 5.74) is 1.40. The van der Waals surface area contributed by atoms with E-state index < -0.39 is 0 Å². The highest BCUT2D eigenvalue weighted by atomic mass is 16.1. The maximum atomic E-state index is 12.3. The Morgan fingerprint density at radius 1 is 1.22 bits per heavy atom. The van der Waals surface area contributed by atoms with E-state index in [1.807, 2.05) is 30.3 Å². The molecule has 5 heteroatoms. The summed E-state index contributed by atoms with van der Waals surface area (Å²) in [6.07, 6.45) is 6.31. The average molecular weight is 307 g/mol. The van der Waals surface area contributed by atoms with Gasteiger partial charge in [-0.15, -0.1) is 0 Å². The topological polar surface area (TPSA) is 70.1 Å². The minimum atomic E-state index is -0.245. The molecule has 2 aromatic rings. The first-order valence-electron chi connectivity index (χ1n) is 7.53. The van der Waals surface area contributed by atoms with Crippen LogP contribution in [0, 0.1) is 11.6 Å². The molecule has 0 spiro atoms. The summed E-state index contributed by atoms with van der Waals surface area (Å²) in [5, 5.41) is 4.08. The first-order chi connectivity index (χ1) is 10.9. The van der Waals surface area contributed by atoms with Gasteiger partial charge in [-0.05, 0) is 17.1 Å². The van der Waals surface area contributed by atoms with Gasteiger partial charge in [-0.3, -0.25) is 4.79 Å². The third-order valence-corrected chi connectivity index (χ3v) is 3.70. The van der Waals surface area contributed by atoms with E-state index in [4.69, 9.17) is 0 Å². The van der Waals surface area contributed by atoms with Crippen molar-refractivity contribution in [2.24, 2.45) is 10.4 Å². The van der Waals surface area contributed by atoms with E-state index in [9.17, 15) is 4.79 Å². The van der Waals surface area contributed by atoms with E-state index >= 15 is 0 Å². The van der Waals surface area contributed by atoms with Crippen LogP contribution in [0.4, 0.5) is 0 Å². The molecule has 0 fully saturated rings. The van der Waals surface area contributed by atoms with Crippen LogP contribution in [-0.4, -0.2) is 22.3 Å². The highest BCUT2D eigenvalue weighted by molar-refractivity contribution is 5.73. The first-order valence-corrected chi connectivity index (χ1v) is 7.53. The second-order valence-corrected chi connectivity index (χ2v) is 6.60. The molecular formula is C18H19N4O. The fourth-order valence-electron chi connectivity index (χ4n) is 2.50. The number of benzene rings is 1. The summed E-state index contributed by atoms with van der Waals surface area (Å²) in [5.74, 6) is 0. The van der Waals surface area contributed by atoms with Crippen molar-refractivity contribution in [1.29, 1.82) is 0 Å². The first kappa shape index (κ1) is 15.2. The predicted molar refractivity (Wildman–Crippen MR) is 91.2 cm³/mol. The number of hydrogen-bond acceptors (Lipinski definition) is 4. The number of nitrogens with zero attached hydrogens (tertiary/aromatic N) is 2. The van der Waals surface area contributed by atoms with Crippen LogP contribution in [0.3, 0.4) is 0 Å². The molecular weight excluding hydrogens is 288 g/mol. The van der Waals surface area contributed by atoms with Crippen molar-refractivity contribution in [3.05, 3.63) is 63.1 Å². The van der Waals surface area contributed by atoms with Gasteiger partial charge < -0.3 is 10.3 Å². The summed E-state index contributed by atoms with van der Waals surface area (Å²) < 4.78 is 0. The van der Waals surface area contributed by atoms with Crippen molar-refractivity contribution in [2.45, 2.75) is 26.8 Å². The van der Waals surface area contributed by atoms with Crippen LogP contribution in [0.1, 0.15) is 26.3 Å².